The first-order valence-corrected chi connectivity index (χ1v) is 19.1. The second-order valence-electron chi connectivity index (χ2n) is 13.1. The first-order valence-electron chi connectivity index (χ1n) is 19.1. The molecule has 0 spiro atoms. The van der Waals surface area contributed by atoms with Crippen molar-refractivity contribution in [1.29, 1.82) is 0 Å². The minimum atomic E-state index is -0.928. The van der Waals surface area contributed by atoms with Crippen molar-refractivity contribution in [3.05, 3.63) is 0 Å². The Morgan fingerprint density at radius 3 is 0.951 bits per heavy atom. The van der Waals surface area contributed by atoms with Crippen molar-refractivity contribution >= 4 is 5.97 Å². The van der Waals surface area contributed by atoms with Crippen LogP contribution in [0.4, 0.5) is 0 Å². The summed E-state index contributed by atoms with van der Waals surface area (Å²) in [4.78, 5) is 12.0. The first kappa shape index (κ1) is 40.4. The molecule has 0 aliphatic carbocycles. The Labute approximate surface area is 258 Å². The monoisotopic (exact) mass is 581 g/mol. The van der Waals surface area contributed by atoms with Gasteiger partial charge >= 0.3 is 5.97 Å². The highest BCUT2D eigenvalue weighted by molar-refractivity contribution is 5.74. The number of unbranched alkanes of at least 4 members (excludes halogenated alkanes) is 30. The van der Waals surface area contributed by atoms with Crippen molar-refractivity contribution in [3.8, 4) is 0 Å². The lowest BCUT2D eigenvalue weighted by Gasteiger charge is -2.10. The van der Waals surface area contributed by atoms with Gasteiger partial charge in [0.1, 0.15) is 0 Å². The van der Waals surface area contributed by atoms with Gasteiger partial charge in [-0.05, 0) is 12.8 Å². The zero-order valence-corrected chi connectivity index (χ0v) is 28.4. The van der Waals surface area contributed by atoms with Gasteiger partial charge in [-0.1, -0.05) is 213 Å². The zero-order valence-electron chi connectivity index (χ0n) is 28.4. The summed E-state index contributed by atoms with van der Waals surface area (Å²) in [7, 11) is 0. The highest BCUT2D eigenvalue weighted by Crippen LogP contribution is 2.16. The molecular formula is C38H76O3. The minimum absolute atomic E-state index is 0.411. The van der Waals surface area contributed by atoms with Crippen molar-refractivity contribution in [2.75, 3.05) is 6.61 Å². The highest BCUT2D eigenvalue weighted by Gasteiger charge is 2.15. The Morgan fingerprint density at radius 2 is 0.659 bits per heavy atom. The normalized spacial score (nSPS) is 12.2. The molecule has 0 aromatic carbocycles. The van der Waals surface area contributed by atoms with Crippen LogP contribution in [-0.2, 0) is 9.53 Å². The number of aliphatic hydroxyl groups excluding tert-OH is 1. The third-order valence-corrected chi connectivity index (χ3v) is 8.85. The van der Waals surface area contributed by atoms with E-state index in [1.54, 1.807) is 0 Å². The molecule has 0 aromatic heterocycles. The van der Waals surface area contributed by atoms with Gasteiger partial charge in [0.25, 0.3) is 0 Å². The molecule has 0 aliphatic rings. The standard InChI is InChI=1S/C38H76O3/c1-3-5-7-9-11-13-15-17-18-19-20-21-22-23-24-25-27-29-31-33-35-37(39)38(40)41-36-34-32-30-28-26-16-14-12-10-8-6-4-2/h37,39H,3-36H2,1-2H3. The van der Waals surface area contributed by atoms with Gasteiger partial charge in [0.05, 0.1) is 6.61 Å². The summed E-state index contributed by atoms with van der Waals surface area (Å²) >= 11 is 0. The molecule has 0 bridgehead atoms. The largest absolute Gasteiger partial charge is 0.464 e. The average Bonchev–Trinajstić information content (AvgIpc) is 2.98. The molecule has 0 radical (unpaired) electrons. The predicted molar refractivity (Wildman–Crippen MR) is 181 cm³/mol. The van der Waals surface area contributed by atoms with Gasteiger partial charge in [0.2, 0.25) is 0 Å². The van der Waals surface area contributed by atoms with Crippen LogP contribution in [0.3, 0.4) is 0 Å². The Morgan fingerprint density at radius 1 is 0.415 bits per heavy atom. The van der Waals surface area contributed by atoms with E-state index in [1.165, 1.54) is 180 Å². The van der Waals surface area contributed by atoms with E-state index in [0.29, 0.717) is 13.0 Å². The number of esters is 1. The molecular weight excluding hydrogens is 504 g/mol. The van der Waals surface area contributed by atoms with Crippen molar-refractivity contribution < 1.29 is 14.6 Å². The molecule has 0 fully saturated rings. The number of rotatable bonds is 35. The van der Waals surface area contributed by atoms with E-state index in [1.807, 2.05) is 0 Å². The molecule has 0 rings (SSSR count). The molecule has 1 unspecified atom stereocenters. The van der Waals surface area contributed by atoms with Crippen LogP contribution in [-0.4, -0.2) is 23.8 Å². The zero-order chi connectivity index (χ0) is 29.9. The van der Waals surface area contributed by atoms with Crippen molar-refractivity contribution in [1.82, 2.24) is 0 Å². The number of carbonyl (C=O) groups is 1. The van der Waals surface area contributed by atoms with Crippen LogP contribution in [0.15, 0.2) is 0 Å². The van der Waals surface area contributed by atoms with Crippen molar-refractivity contribution in [3.63, 3.8) is 0 Å². The molecule has 3 nitrogen and oxygen atoms in total. The molecule has 1 atom stereocenters. The Kier molecular flexibility index (Phi) is 35.1. The van der Waals surface area contributed by atoms with Gasteiger partial charge in [-0.25, -0.2) is 4.79 Å². The third kappa shape index (κ3) is 33.8. The second kappa shape index (κ2) is 35.6. The van der Waals surface area contributed by atoms with Crippen LogP contribution in [0.5, 0.6) is 0 Å². The Hall–Kier alpha value is -0.570. The lowest BCUT2D eigenvalue weighted by Crippen LogP contribution is -2.23. The fourth-order valence-electron chi connectivity index (χ4n) is 5.92. The van der Waals surface area contributed by atoms with Crippen molar-refractivity contribution in [2.45, 2.75) is 232 Å². The average molecular weight is 581 g/mol. The summed E-state index contributed by atoms with van der Waals surface area (Å²) in [5.41, 5.74) is 0. The highest BCUT2D eigenvalue weighted by atomic mass is 16.5. The summed E-state index contributed by atoms with van der Waals surface area (Å²) in [6, 6.07) is 0. The SMILES string of the molecule is CCCCCCCCCCCCCCCCCCCCCCC(O)C(=O)OCCCCCCCCCCCCCC. The van der Waals surface area contributed by atoms with Crippen LogP contribution in [0.25, 0.3) is 0 Å². The van der Waals surface area contributed by atoms with Gasteiger partial charge in [-0.3, -0.25) is 0 Å². The maximum atomic E-state index is 12.0. The Bertz CT molecular complexity index is 492. The fraction of sp³-hybridized carbons (Fsp3) is 0.974. The molecule has 41 heavy (non-hydrogen) atoms. The molecule has 246 valence electrons. The molecule has 0 amide bonds. The van der Waals surface area contributed by atoms with Gasteiger partial charge in [0.15, 0.2) is 6.10 Å². The van der Waals surface area contributed by atoms with Crippen LogP contribution in [0.2, 0.25) is 0 Å². The van der Waals surface area contributed by atoms with Crippen LogP contribution in [0, 0.1) is 0 Å². The van der Waals surface area contributed by atoms with Gasteiger partial charge in [-0.15, -0.1) is 0 Å². The summed E-state index contributed by atoms with van der Waals surface area (Å²) in [6.45, 7) is 5.03. The number of hydrogen-bond donors (Lipinski definition) is 1. The topological polar surface area (TPSA) is 46.5 Å². The lowest BCUT2D eigenvalue weighted by atomic mass is 10.0. The molecule has 1 N–H and O–H groups in total. The van der Waals surface area contributed by atoms with Crippen LogP contribution < -0.4 is 0 Å². The van der Waals surface area contributed by atoms with E-state index in [0.717, 1.165) is 25.7 Å². The maximum Gasteiger partial charge on any atom is 0.334 e. The summed E-state index contributed by atoms with van der Waals surface area (Å²) in [6.07, 6.45) is 42.5. The summed E-state index contributed by atoms with van der Waals surface area (Å²) in [5.74, 6) is -0.411. The molecule has 0 heterocycles. The van der Waals surface area contributed by atoms with E-state index >= 15 is 0 Å². The number of aliphatic hydroxyl groups is 1. The summed E-state index contributed by atoms with van der Waals surface area (Å²) < 4.78 is 5.30. The maximum absolute atomic E-state index is 12.0. The van der Waals surface area contributed by atoms with Crippen LogP contribution >= 0.6 is 0 Å². The van der Waals surface area contributed by atoms with Crippen LogP contribution in [0.1, 0.15) is 226 Å². The number of carbonyl (C=O) groups excluding carboxylic acids is 1. The summed E-state index contributed by atoms with van der Waals surface area (Å²) in [5, 5.41) is 10.1. The van der Waals surface area contributed by atoms with Crippen molar-refractivity contribution in [2.24, 2.45) is 0 Å². The fourth-order valence-corrected chi connectivity index (χ4v) is 5.92. The van der Waals surface area contributed by atoms with Gasteiger partial charge in [-0.2, -0.15) is 0 Å². The molecule has 0 saturated heterocycles. The van der Waals surface area contributed by atoms with Gasteiger partial charge < -0.3 is 9.84 Å². The van der Waals surface area contributed by atoms with E-state index in [9.17, 15) is 9.90 Å². The first-order chi connectivity index (χ1) is 20.2. The van der Waals surface area contributed by atoms with Gasteiger partial charge in [0, 0.05) is 0 Å². The van der Waals surface area contributed by atoms with E-state index in [-0.39, 0.29) is 0 Å². The van der Waals surface area contributed by atoms with E-state index in [4.69, 9.17) is 4.74 Å². The molecule has 3 heteroatoms. The minimum Gasteiger partial charge on any atom is -0.464 e. The molecule has 0 aromatic rings. The molecule has 0 saturated carbocycles. The van der Waals surface area contributed by atoms with E-state index in [2.05, 4.69) is 13.8 Å². The second-order valence-corrected chi connectivity index (χ2v) is 13.1. The van der Waals surface area contributed by atoms with E-state index < -0.39 is 12.1 Å². The lowest BCUT2D eigenvalue weighted by molar-refractivity contribution is -0.154. The number of ether oxygens (including phenoxy) is 1. The number of hydrogen-bond acceptors (Lipinski definition) is 3. The Balaban J connectivity index is 3.25. The smallest absolute Gasteiger partial charge is 0.334 e. The predicted octanol–water partition coefficient (Wildman–Crippen LogP) is 12.8. The molecule has 0 aliphatic heterocycles. The third-order valence-electron chi connectivity index (χ3n) is 8.85. The quantitative estimate of drug-likeness (QED) is 0.0599.